The van der Waals surface area contributed by atoms with E-state index in [-0.39, 0.29) is 71.0 Å². The molecule has 3 aromatic carbocycles. The van der Waals surface area contributed by atoms with Crippen LogP contribution in [0.5, 0.6) is 0 Å². The van der Waals surface area contributed by atoms with E-state index < -0.39 is 0 Å². The maximum absolute atomic E-state index is 14.2. The summed E-state index contributed by atoms with van der Waals surface area (Å²) in [6.07, 6.45) is 3.28. The number of nitrogen functional groups attached to an aromatic ring is 5. The first-order valence-corrected chi connectivity index (χ1v) is 30.7. The van der Waals surface area contributed by atoms with Gasteiger partial charge in [0.25, 0.3) is 0 Å². The van der Waals surface area contributed by atoms with E-state index in [0.29, 0.717) is 63.5 Å². The zero-order chi connectivity index (χ0) is 43.8. The molecule has 9 aromatic rings. The molecule has 10 N–H and O–H groups in total. The van der Waals surface area contributed by atoms with E-state index in [4.69, 9.17) is 28.7 Å². The average molecular weight is 1170 g/mol. The van der Waals surface area contributed by atoms with Gasteiger partial charge in [-0.25, -0.2) is 48.0 Å². The summed E-state index contributed by atoms with van der Waals surface area (Å²) in [4.78, 5) is 25.8. The number of nitrogens with zero attached hydrogens (tertiary/aromatic N) is 12. The Bertz CT molecular complexity index is 2990. The Hall–Kier alpha value is -6.29. The van der Waals surface area contributed by atoms with Crippen molar-refractivity contribution in [3.05, 3.63) is 138 Å². The monoisotopic (exact) mass is 1170 g/mol. The van der Waals surface area contributed by atoms with E-state index in [1.807, 2.05) is 30.3 Å². The van der Waals surface area contributed by atoms with Crippen LogP contribution in [0.25, 0.3) is 45.1 Å². The number of rotatable bonds is 8. The van der Waals surface area contributed by atoms with Gasteiger partial charge in [0.1, 0.15) is 28.7 Å². The van der Waals surface area contributed by atoms with E-state index in [0.717, 1.165) is 0 Å². The van der Waals surface area contributed by atoms with Crippen LogP contribution in [0.1, 0.15) is 11.1 Å². The summed E-state index contributed by atoms with van der Waals surface area (Å²) in [7, 11) is 0. The average Bonchev–Trinajstić information content (AvgIpc) is 3.83. The minimum Gasteiger partial charge on any atom is -0.393 e. The summed E-state index contributed by atoms with van der Waals surface area (Å²) in [5, 5.41) is 18.7. The zero-order valence-corrected chi connectivity index (χ0v) is 38.5. The van der Waals surface area contributed by atoms with Crippen LogP contribution >= 0.6 is 37.2 Å². The molecule has 0 amide bonds. The molecule has 62 heavy (non-hydrogen) atoms. The van der Waals surface area contributed by atoms with Gasteiger partial charge in [-0.3, -0.25) is 0 Å². The first-order chi connectivity index (χ1) is 30.1. The number of nitrogens with two attached hydrogens (primary N) is 5. The minimum atomic E-state index is -0.323. The van der Waals surface area contributed by atoms with Crippen molar-refractivity contribution in [2.75, 3.05) is 28.7 Å². The molecule has 22 heteroatoms. The molecular formula is C40H33F2I3N17-. The number of halogens is 5. The molecule has 0 aliphatic heterocycles. The molecule has 9 rings (SSSR count). The fourth-order valence-corrected chi connectivity index (χ4v) is 6.06. The van der Waals surface area contributed by atoms with E-state index >= 15 is 0 Å². The largest absolute Gasteiger partial charge is 0.393 e. The number of benzene rings is 3. The molecule has 0 atom stereocenters. The molecule has 0 saturated heterocycles. The normalized spacial score (nSPS) is 11.1. The number of aromatic nitrogens is 10. The Morgan fingerprint density at radius 1 is 0.532 bits per heavy atom. The molecule has 0 aliphatic carbocycles. The number of hydrogen-bond donors (Lipinski definition) is 5. The van der Waals surface area contributed by atoms with Gasteiger partial charge in [-0.05, 0) is 48.5 Å². The molecule has 314 valence electrons. The predicted molar refractivity (Wildman–Crippen MR) is 249 cm³/mol. The van der Waals surface area contributed by atoms with Crippen LogP contribution in [0, 0.1) is 11.6 Å². The molecule has 0 saturated carbocycles. The molecule has 0 spiro atoms. The van der Waals surface area contributed by atoms with Crippen molar-refractivity contribution in [1.29, 1.82) is 0 Å². The van der Waals surface area contributed by atoms with Crippen LogP contribution in [-0.4, -0.2) is 49.5 Å². The molecule has 0 aliphatic rings. The van der Waals surface area contributed by atoms with Crippen molar-refractivity contribution < 1.29 is 22.0 Å². The van der Waals surface area contributed by atoms with Crippen LogP contribution in [0.15, 0.2) is 126 Å². The first kappa shape index (κ1) is 43.8. The Balaban J connectivity index is 0.000000180. The van der Waals surface area contributed by atoms with Crippen LogP contribution in [-0.2, 0) is 13.1 Å². The van der Waals surface area contributed by atoms with Gasteiger partial charge in [0.05, 0.1) is 29.5 Å². The molecule has 17 nitrogen and oxygen atoms in total. The van der Waals surface area contributed by atoms with E-state index in [1.54, 1.807) is 82.4 Å². The van der Waals surface area contributed by atoms with Crippen molar-refractivity contribution in [3.63, 3.8) is 0 Å². The van der Waals surface area contributed by atoms with Gasteiger partial charge < -0.3 is 28.7 Å². The van der Waals surface area contributed by atoms with Crippen LogP contribution < -0.4 is 41.9 Å². The van der Waals surface area contributed by atoms with E-state index in [9.17, 15) is 8.78 Å². The Labute approximate surface area is 381 Å². The first-order valence-electron chi connectivity index (χ1n) is 18.1. The summed E-state index contributed by atoms with van der Waals surface area (Å²) in [6, 6.07) is 29.4. The van der Waals surface area contributed by atoms with Crippen molar-refractivity contribution in [2.24, 2.45) is 10.2 Å². The van der Waals surface area contributed by atoms with Crippen molar-refractivity contribution >= 4 is 99.6 Å². The molecule has 0 radical (unpaired) electrons. The van der Waals surface area contributed by atoms with Gasteiger partial charge in [-0.2, -0.15) is 15.3 Å². The van der Waals surface area contributed by atoms with Crippen LogP contribution in [0.2, 0.25) is 0 Å². The third-order valence-electron chi connectivity index (χ3n) is 8.96. The zero-order valence-electron chi connectivity index (χ0n) is 32.0. The summed E-state index contributed by atoms with van der Waals surface area (Å²) >= 11 is 5.30. The van der Waals surface area contributed by atoms with Gasteiger partial charge in [-0.15, -0.1) is 5.11 Å². The Morgan fingerprint density at radius 2 is 0.952 bits per heavy atom. The SMILES string of the molecule is I[I-]I.Nc1nc(-c2nn(Cc3ccccc3F)c3ncccc23)nc(N)c1N.Nc1nc(-c2nn(Cc3ccccc3F)c3ncccc23)nc(N)c1N=Nc1ccccc1. The maximum atomic E-state index is 14.2. The fourth-order valence-electron chi connectivity index (χ4n) is 6.06. The van der Waals surface area contributed by atoms with Crippen LogP contribution in [0.3, 0.4) is 0 Å². The summed E-state index contributed by atoms with van der Waals surface area (Å²) in [5.74, 6) is 0.105. The van der Waals surface area contributed by atoms with Crippen LogP contribution in [0.4, 0.5) is 49.1 Å². The number of pyridine rings is 2. The molecule has 0 unspecified atom stereocenters. The van der Waals surface area contributed by atoms with Crippen molar-refractivity contribution in [2.45, 2.75) is 13.1 Å². The van der Waals surface area contributed by atoms with Gasteiger partial charge in [0, 0.05) is 23.5 Å². The minimum absolute atomic E-state index is 0.0675. The second kappa shape index (κ2) is 20.1. The maximum Gasteiger partial charge on any atom is 0.184 e. The Morgan fingerprint density at radius 3 is 1.40 bits per heavy atom. The third kappa shape index (κ3) is 9.91. The van der Waals surface area contributed by atoms with Crippen molar-refractivity contribution in [1.82, 2.24) is 49.5 Å². The predicted octanol–water partition coefficient (Wildman–Crippen LogP) is 5.25. The van der Waals surface area contributed by atoms with Gasteiger partial charge in [-0.1, -0.05) is 54.6 Å². The number of anilines is 5. The van der Waals surface area contributed by atoms with E-state index in [1.165, 1.54) is 12.1 Å². The standard InChI is InChI=1S/C23H18FN9.C17H15FN8.I3/c24-17-11-5-4-7-14(17)13-33-23-16(10-6-12-27-23)18(32-33)22-28-20(25)19(21(26)29-22)31-30-15-8-2-1-3-9-15;18-11-6-2-1-4-9(11)8-26-17-10(5-3-7-22-17)13(25-26)16-23-14(20)12(19)15(21)24-16;1-3-2/h1-12H,13H2,(H4,25,26,28,29);1-7H,8,19H2,(H4,20,21,23,24);/q;;-1. The summed E-state index contributed by atoms with van der Waals surface area (Å²) < 4.78 is 31.4. The van der Waals surface area contributed by atoms with Gasteiger partial charge in [0.2, 0.25) is 0 Å². The number of azo groups is 1. The second-order valence-electron chi connectivity index (χ2n) is 12.9. The molecule has 0 bridgehead atoms. The molecular weight excluding hydrogens is 1140 g/mol. The topological polar surface area (TPSA) is 268 Å². The summed E-state index contributed by atoms with van der Waals surface area (Å²) in [6.45, 7) is 0.397. The van der Waals surface area contributed by atoms with Crippen molar-refractivity contribution in [3.8, 4) is 23.0 Å². The third-order valence-corrected chi connectivity index (χ3v) is 8.96. The van der Waals surface area contributed by atoms with E-state index in [2.05, 4.69) is 87.6 Å². The molecule has 6 heterocycles. The Kier molecular flexibility index (Phi) is 14.2. The van der Waals surface area contributed by atoms with Gasteiger partial charge >= 0.3 is 50.5 Å². The fraction of sp³-hybridized carbons (Fsp3) is 0.0500. The second-order valence-corrected chi connectivity index (χ2v) is 29.2. The number of fused-ring (bicyclic) bond motifs is 2. The quantitative estimate of drug-likeness (QED) is 0.0962. The summed E-state index contributed by atoms with van der Waals surface area (Å²) in [5.41, 5.74) is 33.5. The number of hydrogen-bond acceptors (Lipinski definition) is 15. The molecule has 0 fully saturated rings. The smallest absolute Gasteiger partial charge is 0.184 e. The van der Waals surface area contributed by atoms with Gasteiger partial charge in [0.15, 0.2) is 51.9 Å². The molecule has 6 aromatic heterocycles.